The normalized spacial score (nSPS) is 11.0. The highest BCUT2D eigenvalue weighted by Crippen LogP contribution is 2.33. The van der Waals surface area contributed by atoms with Crippen molar-refractivity contribution in [3.63, 3.8) is 0 Å². The number of ether oxygens (including phenoxy) is 3. The van der Waals surface area contributed by atoms with E-state index in [1.165, 1.54) is 0 Å². The molecule has 0 aliphatic rings. The van der Waals surface area contributed by atoms with Crippen LogP contribution in [0.25, 0.3) is 16.4 Å². The van der Waals surface area contributed by atoms with Crippen molar-refractivity contribution in [1.29, 1.82) is 0 Å². The number of pyridine rings is 1. The molecule has 0 amide bonds. The lowest BCUT2D eigenvalue weighted by Crippen LogP contribution is -2.05. The lowest BCUT2D eigenvalue weighted by molar-refractivity contribution is 0.0528. The quantitative estimate of drug-likeness (QED) is 0.693. The number of esters is 1. The average Bonchev–Trinajstić information content (AvgIpc) is 2.90. The van der Waals surface area contributed by atoms with Crippen molar-refractivity contribution in [2.24, 2.45) is 0 Å². The highest BCUT2D eigenvalue weighted by Gasteiger charge is 2.20. The first-order valence-corrected chi connectivity index (χ1v) is 7.31. The Kier molecular flexibility index (Phi) is 3.82. The number of methoxy groups -OCH3 is 2. The first-order valence-electron chi connectivity index (χ1n) is 7.31. The topological polar surface area (TPSA) is 62.1 Å². The van der Waals surface area contributed by atoms with E-state index in [-0.39, 0.29) is 5.97 Å². The first kappa shape index (κ1) is 15.1. The van der Waals surface area contributed by atoms with E-state index in [2.05, 4.69) is 5.10 Å². The third kappa shape index (κ3) is 2.36. The minimum atomic E-state index is -0.361. The summed E-state index contributed by atoms with van der Waals surface area (Å²) in [5.74, 6) is 0.895. The summed E-state index contributed by atoms with van der Waals surface area (Å²) in [6.07, 6.45) is 0. The van der Waals surface area contributed by atoms with Gasteiger partial charge in [-0.05, 0) is 26.0 Å². The monoisotopic (exact) mass is 314 g/mol. The molecular formula is C17H18N2O4. The maximum atomic E-state index is 12.2. The van der Waals surface area contributed by atoms with Crippen molar-refractivity contribution in [2.75, 3.05) is 20.8 Å². The number of nitrogens with zero attached hydrogens (tertiary/aromatic N) is 2. The van der Waals surface area contributed by atoms with Gasteiger partial charge in [0.25, 0.3) is 0 Å². The Morgan fingerprint density at radius 3 is 2.48 bits per heavy atom. The van der Waals surface area contributed by atoms with E-state index < -0.39 is 0 Å². The minimum absolute atomic E-state index is 0.328. The van der Waals surface area contributed by atoms with Crippen LogP contribution in [0.2, 0.25) is 0 Å². The molecule has 0 radical (unpaired) electrons. The van der Waals surface area contributed by atoms with Crippen molar-refractivity contribution >= 4 is 22.4 Å². The molecule has 1 aromatic carbocycles. The number of fused-ring (bicyclic) bond motifs is 3. The van der Waals surface area contributed by atoms with E-state index >= 15 is 0 Å². The Morgan fingerprint density at radius 1 is 1.13 bits per heavy atom. The molecule has 0 aliphatic carbocycles. The summed E-state index contributed by atoms with van der Waals surface area (Å²) in [6.45, 7) is 3.91. The van der Waals surface area contributed by atoms with Gasteiger partial charge in [0.2, 0.25) is 0 Å². The minimum Gasteiger partial charge on any atom is -0.493 e. The van der Waals surface area contributed by atoms with Crippen molar-refractivity contribution < 1.29 is 19.0 Å². The van der Waals surface area contributed by atoms with Crippen LogP contribution in [-0.4, -0.2) is 36.4 Å². The van der Waals surface area contributed by atoms with Crippen LogP contribution < -0.4 is 9.47 Å². The zero-order valence-corrected chi connectivity index (χ0v) is 13.5. The molecule has 0 saturated carbocycles. The lowest BCUT2D eigenvalue weighted by Gasteiger charge is -2.10. The van der Waals surface area contributed by atoms with Crippen molar-refractivity contribution in [1.82, 2.24) is 9.61 Å². The second-order valence-electron chi connectivity index (χ2n) is 5.08. The van der Waals surface area contributed by atoms with Gasteiger partial charge in [-0.25, -0.2) is 9.31 Å². The number of aryl methyl sites for hydroxylation is 1. The Hall–Kier alpha value is -2.76. The van der Waals surface area contributed by atoms with Crippen molar-refractivity contribution in [2.45, 2.75) is 13.8 Å². The zero-order valence-electron chi connectivity index (χ0n) is 13.5. The molecule has 6 nitrogen and oxygen atoms in total. The molecule has 0 spiro atoms. The SMILES string of the molecule is CCOC(=O)c1c(C)nn2c1ccc1cc(OC)c(OC)cc12. The van der Waals surface area contributed by atoms with Gasteiger partial charge in [0, 0.05) is 11.5 Å². The highest BCUT2D eigenvalue weighted by atomic mass is 16.5. The number of carbonyl (C=O) groups is 1. The molecule has 0 bridgehead atoms. The van der Waals surface area contributed by atoms with Crippen LogP contribution in [0, 0.1) is 6.92 Å². The lowest BCUT2D eigenvalue weighted by atomic mass is 10.1. The maximum Gasteiger partial charge on any atom is 0.342 e. The van der Waals surface area contributed by atoms with Crippen LogP contribution in [0.4, 0.5) is 0 Å². The Morgan fingerprint density at radius 2 is 1.83 bits per heavy atom. The maximum absolute atomic E-state index is 12.2. The van der Waals surface area contributed by atoms with Crippen LogP contribution in [0.1, 0.15) is 23.0 Å². The molecule has 2 heterocycles. The van der Waals surface area contributed by atoms with E-state index in [0.717, 1.165) is 10.9 Å². The molecule has 0 N–H and O–H groups in total. The number of benzene rings is 1. The van der Waals surface area contributed by atoms with E-state index in [1.54, 1.807) is 32.6 Å². The van der Waals surface area contributed by atoms with Crippen LogP contribution in [0.5, 0.6) is 11.5 Å². The molecule has 0 fully saturated rings. The molecule has 3 aromatic rings. The third-order valence-corrected chi connectivity index (χ3v) is 3.76. The summed E-state index contributed by atoms with van der Waals surface area (Å²) < 4.78 is 17.6. The van der Waals surface area contributed by atoms with Crippen LogP contribution in [-0.2, 0) is 4.74 Å². The van der Waals surface area contributed by atoms with Crippen LogP contribution in [0.15, 0.2) is 24.3 Å². The number of aromatic nitrogens is 2. The molecule has 0 atom stereocenters. The molecule has 120 valence electrons. The summed E-state index contributed by atoms with van der Waals surface area (Å²) in [4.78, 5) is 12.2. The van der Waals surface area contributed by atoms with Gasteiger partial charge < -0.3 is 14.2 Å². The van der Waals surface area contributed by atoms with Crippen LogP contribution >= 0.6 is 0 Å². The smallest absolute Gasteiger partial charge is 0.342 e. The summed E-state index contributed by atoms with van der Waals surface area (Å²) in [6, 6.07) is 7.52. The largest absolute Gasteiger partial charge is 0.493 e. The molecular weight excluding hydrogens is 296 g/mol. The molecule has 6 heteroatoms. The first-order chi connectivity index (χ1) is 11.1. The highest BCUT2D eigenvalue weighted by molar-refractivity contribution is 6.00. The molecule has 0 unspecified atom stereocenters. The van der Waals surface area contributed by atoms with Gasteiger partial charge in [-0.1, -0.05) is 6.07 Å². The van der Waals surface area contributed by atoms with E-state index in [4.69, 9.17) is 14.2 Å². The number of hydrogen-bond acceptors (Lipinski definition) is 5. The molecule has 0 aliphatic heterocycles. The summed E-state index contributed by atoms with van der Waals surface area (Å²) in [7, 11) is 3.18. The van der Waals surface area contributed by atoms with Gasteiger partial charge in [-0.15, -0.1) is 0 Å². The third-order valence-electron chi connectivity index (χ3n) is 3.76. The Balaban J connectivity index is 2.31. The van der Waals surface area contributed by atoms with Gasteiger partial charge in [-0.2, -0.15) is 5.10 Å². The predicted molar refractivity (Wildman–Crippen MR) is 86.5 cm³/mol. The standard InChI is InChI=1S/C17H18N2O4/c1-5-23-17(20)16-10(2)18-19-12(16)7-6-11-8-14(21-3)15(22-4)9-13(11)19/h6-9H,5H2,1-4H3. The Bertz CT molecular complexity index is 899. The molecule has 2 aromatic heterocycles. The van der Waals surface area contributed by atoms with Gasteiger partial charge in [0.05, 0.1) is 37.6 Å². The summed E-state index contributed by atoms with van der Waals surface area (Å²) in [5, 5.41) is 5.43. The number of carbonyl (C=O) groups excluding carboxylic acids is 1. The molecule has 0 saturated heterocycles. The predicted octanol–water partition coefficient (Wildman–Crippen LogP) is 2.99. The molecule has 3 rings (SSSR count). The van der Waals surface area contributed by atoms with Gasteiger partial charge >= 0.3 is 5.97 Å². The van der Waals surface area contributed by atoms with E-state index in [1.807, 2.05) is 24.3 Å². The second kappa shape index (κ2) is 5.79. The van der Waals surface area contributed by atoms with Gasteiger partial charge in [0.15, 0.2) is 11.5 Å². The van der Waals surface area contributed by atoms with Crippen molar-refractivity contribution in [3.05, 3.63) is 35.5 Å². The summed E-state index contributed by atoms with van der Waals surface area (Å²) in [5.41, 5.74) is 2.66. The number of rotatable bonds is 4. The fraction of sp³-hybridized carbons (Fsp3) is 0.294. The molecule has 23 heavy (non-hydrogen) atoms. The van der Waals surface area contributed by atoms with Crippen LogP contribution in [0.3, 0.4) is 0 Å². The average molecular weight is 314 g/mol. The van der Waals surface area contributed by atoms with Crippen molar-refractivity contribution in [3.8, 4) is 11.5 Å². The van der Waals surface area contributed by atoms with Gasteiger partial charge in [0.1, 0.15) is 5.56 Å². The fourth-order valence-electron chi connectivity index (χ4n) is 2.71. The zero-order chi connectivity index (χ0) is 16.6. The Labute approximate surface area is 133 Å². The van der Waals surface area contributed by atoms with Gasteiger partial charge in [-0.3, -0.25) is 0 Å². The fourth-order valence-corrected chi connectivity index (χ4v) is 2.71. The summed E-state index contributed by atoms with van der Waals surface area (Å²) >= 11 is 0. The van der Waals surface area contributed by atoms with E-state index in [0.29, 0.717) is 34.9 Å². The second-order valence-corrected chi connectivity index (χ2v) is 5.08. The number of hydrogen-bond donors (Lipinski definition) is 0. The van der Waals surface area contributed by atoms with E-state index in [9.17, 15) is 4.79 Å².